The van der Waals surface area contributed by atoms with Crippen LogP contribution in [-0.4, -0.2) is 19.1 Å². The number of rotatable bonds is 5. The summed E-state index contributed by atoms with van der Waals surface area (Å²) in [7, 11) is 1.63. The van der Waals surface area contributed by atoms with Gasteiger partial charge in [0.25, 0.3) is 5.91 Å². The van der Waals surface area contributed by atoms with E-state index in [0.717, 1.165) is 24.0 Å². The number of anilines is 1. The number of nitrogens with one attached hydrogen (secondary N) is 1. The van der Waals surface area contributed by atoms with Crippen LogP contribution in [0.4, 0.5) is 5.69 Å². The first-order valence-corrected chi connectivity index (χ1v) is 8.80. The van der Waals surface area contributed by atoms with Crippen LogP contribution in [-0.2, 0) is 0 Å². The van der Waals surface area contributed by atoms with E-state index >= 15 is 0 Å². The molecular formula is C21H25NO3. The third-order valence-electron chi connectivity index (χ3n) is 4.87. The molecular weight excluding hydrogens is 314 g/mol. The third kappa shape index (κ3) is 3.95. The molecule has 1 aliphatic rings. The summed E-state index contributed by atoms with van der Waals surface area (Å²) in [6, 6.07) is 11.3. The van der Waals surface area contributed by atoms with Gasteiger partial charge in [0.2, 0.25) is 0 Å². The first-order chi connectivity index (χ1) is 12.1. The molecule has 132 valence electrons. The molecule has 0 bridgehead atoms. The van der Waals surface area contributed by atoms with Gasteiger partial charge in [-0.1, -0.05) is 12.1 Å². The van der Waals surface area contributed by atoms with Crippen LogP contribution in [0.3, 0.4) is 0 Å². The number of amides is 1. The minimum Gasteiger partial charge on any atom is -0.493 e. The molecule has 0 aliphatic heterocycles. The molecule has 0 spiro atoms. The average Bonchev–Trinajstić information content (AvgIpc) is 3.10. The SMILES string of the molecule is COc1ccc(NC(=O)c2cccc(C)c2C)cc1OC1CCCC1. The quantitative estimate of drug-likeness (QED) is 0.844. The standard InChI is InChI=1S/C21H25NO3/c1-14-7-6-10-18(15(14)2)21(23)22-16-11-12-19(24-3)20(13-16)25-17-8-4-5-9-17/h6-7,10-13,17H,4-5,8-9H2,1-3H3,(H,22,23). The molecule has 0 atom stereocenters. The Morgan fingerprint density at radius 1 is 1.08 bits per heavy atom. The van der Waals surface area contributed by atoms with E-state index in [0.29, 0.717) is 22.7 Å². The summed E-state index contributed by atoms with van der Waals surface area (Å²) in [5.74, 6) is 1.27. The van der Waals surface area contributed by atoms with Crippen molar-refractivity contribution in [1.29, 1.82) is 0 Å². The molecule has 1 aliphatic carbocycles. The summed E-state index contributed by atoms with van der Waals surface area (Å²) in [5, 5.41) is 2.97. The van der Waals surface area contributed by atoms with Gasteiger partial charge in [-0.3, -0.25) is 4.79 Å². The monoisotopic (exact) mass is 339 g/mol. The van der Waals surface area contributed by atoms with Gasteiger partial charge >= 0.3 is 0 Å². The molecule has 4 heteroatoms. The zero-order valence-electron chi connectivity index (χ0n) is 15.1. The largest absolute Gasteiger partial charge is 0.493 e. The van der Waals surface area contributed by atoms with Gasteiger partial charge in [-0.15, -0.1) is 0 Å². The number of methoxy groups -OCH3 is 1. The third-order valence-corrected chi connectivity index (χ3v) is 4.87. The van der Waals surface area contributed by atoms with Crippen molar-refractivity contribution in [1.82, 2.24) is 0 Å². The zero-order valence-corrected chi connectivity index (χ0v) is 15.1. The van der Waals surface area contributed by atoms with E-state index in [9.17, 15) is 4.79 Å². The van der Waals surface area contributed by atoms with Gasteiger partial charge in [0.1, 0.15) is 0 Å². The topological polar surface area (TPSA) is 47.6 Å². The average molecular weight is 339 g/mol. The van der Waals surface area contributed by atoms with Crippen LogP contribution in [0.1, 0.15) is 47.2 Å². The first kappa shape index (κ1) is 17.3. The number of benzene rings is 2. The van der Waals surface area contributed by atoms with Gasteiger partial charge < -0.3 is 14.8 Å². The summed E-state index contributed by atoms with van der Waals surface area (Å²) in [6.07, 6.45) is 4.79. The highest BCUT2D eigenvalue weighted by atomic mass is 16.5. The summed E-state index contributed by atoms with van der Waals surface area (Å²) in [6.45, 7) is 3.97. The Balaban J connectivity index is 1.79. The molecule has 2 aromatic carbocycles. The number of carbonyl (C=O) groups excluding carboxylic acids is 1. The summed E-state index contributed by atoms with van der Waals surface area (Å²) >= 11 is 0. The van der Waals surface area contributed by atoms with E-state index in [-0.39, 0.29) is 12.0 Å². The smallest absolute Gasteiger partial charge is 0.255 e. The van der Waals surface area contributed by atoms with Crippen molar-refractivity contribution in [3.8, 4) is 11.5 Å². The number of carbonyl (C=O) groups is 1. The number of hydrogen-bond acceptors (Lipinski definition) is 3. The van der Waals surface area contributed by atoms with Crippen LogP contribution in [0, 0.1) is 13.8 Å². The Labute approximate surface area is 149 Å². The fraction of sp³-hybridized carbons (Fsp3) is 0.381. The van der Waals surface area contributed by atoms with Gasteiger partial charge in [0, 0.05) is 17.3 Å². The van der Waals surface area contributed by atoms with E-state index in [1.165, 1.54) is 12.8 Å². The van der Waals surface area contributed by atoms with Crippen LogP contribution < -0.4 is 14.8 Å². The Morgan fingerprint density at radius 3 is 2.56 bits per heavy atom. The van der Waals surface area contributed by atoms with Gasteiger partial charge in [-0.25, -0.2) is 0 Å². The van der Waals surface area contributed by atoms with Crippen LogP contribution in [0.2, 0.25) is 0 Å². The highest BCUT2D eigenvalue weighted by molar-refractivity contribution is 6.05. The fourth-order valence-electron chi connectivity index (χ4n) is 3.23. The molecule has 1 fully saturated rings. The molecule has 25 heavy (non-hydrogen) atoms. The van der Waals surface area contributed by atoms with Crippen LogP contribution in [0.5, 0.6) is 11.5 Å². The lowest BCUT2D eigenvalue weighted by Crippen LogP contribution is -2.15. The molecule has 1 N–H and O–H groups in total. The van der Waals surface area contributed by atoms with E-state index in [4.69, 9.17) is 9.47 Å². The van der Waals surface area contributed by atoms with Gasteiger partial charge in [-0.05, 0) is 68.9 Å². The number of ether oxygens (including phenoxy) is 2. The van der Waals surface area contributed by atoms with Crippen molar-refractivity contribution in [3.05, 3.63) is 53.1 Å². The molecule has 0 unspecified atom stereocenters. The molecule has 1 amide bonds. The molecule has 0 saturated heterocycles. The molecule has 0 heterocycles. The molecule has 1 saturated carbocycles. The summed E-state index contributed by atoms with van der Waals surface area (Å²) < 4.78 is 11.5. The Bertz CT molecular complexity index is 764. The van der Waals surface area contributed by atoms with Crippen molar-refractivity contribution in [2.45, 2.75) is 45.6 Å². The number of hydrogen-bond donors (Lipinski definition) is 1. The second kappa shape index (κ2) is 7.60. The second-order valence-corrected chi connectivity index (χ2v) is 6.59. The molecule has 3 rings (SSSR count). The molecule has 2 aromatic rings. The molecule has 0 aromatic heterocycles. The minimum atomic E-state index is -0.113. The lowest BCUT2D eigenvalue weighted by molar-refractivity contribution is 0.102. The lowest BCUT2D eigenvalue weighted by Gasteiger charge is -2.17. The Hall–Kier alpha value is -2.49. The van der Waals surface area contributed by atoms with E-state index in [1.807, 2.05) is 50.2 Å². The highest BCUT2D eigenvalue weighted by Gasteiger charge is 2.19. The maximum absolute atomic E-state index is 12.6. The first-order valence-electron chi connectivity index (χ1n) is 8.80. The van der Waals surface area contributed by atoms with E-state index in [1.54, 1.807) is 7.11 Å². The van der Waals surface area contributed by atoms with Crippen molar-refractivity contribution >= 4 is 11.6 Å². The molecule has 4 nitrogen and oxygen atoms in total. The number of aryl methyl sites for hydroxylation is 1. The Morgan fingerprint density at radius 2 is 1.84 bits per heavy atom. The fourth-order valence-corrected chi connectivity index (χ4v) is 3.23. The van der Waals surface area contributed by atoms with E-state index < -0.39 is 0 Å². The van der Waals surface area contributed by atoms with Crippen LogP contribution in [0.25, 0.3) is 0 Å². The predicted molar refractivity (Wildman–Crippen MR) is 99.7 cm³/mol. The highest BCUT2D eigenvalue weighted by Crippen LogP contribution is 2.34. The minimum absolute atomic E-state index is 0.113. The van der Waals surface area contributed by atoms with Crippen LogP contribution in [0.15, 0.2) is 36.4 Å². The van der Waals surface area contributed by atoms with Crippen molar-refractivity contribution in [3.63, 3.8) is 0 Å². The maximum atomic E-state index is 12.6. The van der Waals surface area contributed by atoms with Gasteiger partial charge in [0.05, 0.1) is 13.2 Å². The maximum Gasteiger partial charge on any atom is 0.255 e. The molecule has 0 radical (unpaired) electrons. The second-order valence-electron chi connectivity index (χ2n) is 6.59. The van der Waals surface area contributed by atoms with Crippen molar-refractivity contribution in [2.75, 3.05) is 12.4 Å². The predicted octanol–water partition coefficient (Wildman–Crippen LogP) is 4.89. The van der Waals surface area contributed by atoms with Crippen LogP contribution >= 0.6 is 0 Å². The normalized spacial score (nSPS) is 14.4. The van der Waals surface area contributed by atoms with Gasteiger partial charge in [0.15, 0.2) is 11.5 Å². The Kier molecular flexibility index (Phi) is 5.27. The summed E-state index contributed by atoms with van der Waals surface area (Å²) in [4.78, 5) is 12.6. The van der Waals surface area contributed by atoms with Gasteiger partial charge in [-0.2, -0.15) is 0 Å². The zero-order chi connectivity index (χ0) is 17.8. The van der Waals surface area contributed by atoms with E-state index in [2.05, 4.69) is 5.32 Å². The van der Waals surface area contributed by atoms with Crippen molar-refractivity contribution < 1.29 is 14.3 Å². The summed E-state index contributed by atoms with van der Waals surface area (Å²) in [5.41, 5.74) is 3.50. The lowest BCUT2D eigenvalue weighted by atomic mass is 10.0. The van der Waals surface area contributed by atoms with Crippen molar-refractivity contribution in [2.24, 2.45) is 0 Å².